The molecule has 38 heavy (non-hydrogen) atoms. The summed E-state index contributed by atoms with van der Waals surface area (Å²) in [5.74, 6) is 1.65. The lowest BCUT2D eigenvalue weighted by molar-refractivity contribution is 0.0653. The largest absolute Gasteiger partial charge is 0.471 e. The molecular formula is C28H26N4O4S2. The van der Waals surface area contributed by atoms with Crippen LogP contribution in [0.25, 0.3) is 0 Å². The number of carbonyl (C=O) groups is 1. The van der Waals surface area contributed by atoms with E-state index >= 15 is 0 Å². The quantitative estimate of drug-likeness (QED) is 0.168. The molecule has 1 amide bonds. The van der Waals surface area contributed by atoms with Gasteiger partial charge in [-0.1, -0.05) is 60.7 Å². The fourth-order valence-electron chi connectivity index (χ4n) is 3.32. The van der Waals surface area contributed by atoms with Gasteiger partial charge in [0.15, 0.2) is 6.61 Å². The molecule has 0 unspecified atom stereocenters. The lowest BCUT2D eigenvalue weighted by atomic mass is 10.2. The average Bonchev–Trinajstić information content (AvgIpc) is 3.01. The molecule has 8 nitrogen and oxygen atoms in total. The number of hydrogen-bond donors (Lipinski definition) is 2. The van der Waals surface area contributed by atoms with E-state index in [4.69, 9.17) is 14.8 Å². The highest BCUT2D eigenvalue weighted by atomic mass is 32.2. The number of benzene rings is 2. The topological polar surface area (TPSA) is 106 Å². The minimum absolute atomic E-state index is 0.424. The van der Waals surface area contributed by atoms with Gasteiger partial charge in [-0.05, 0) is 28.4 Å². The molecule has 0 fully saturated rings. The molecule has 0 aliphatic carbocycles. The standard InChI is InChI=1S/C15H14N2O2S.C13H12N2O2S/c1-2-4-12(5-3-1)11-20-14-10-16-7-6-13(14)15-17-19-9-8-18-15;16-13(15-17)11-6-7-14-8-12(11)18-9-10-4-2-1-3-5-10/h1-7,10H,8-9,11H2;1-8,17H,9H2,(H,15,16). The first kappa shape index (κ1) is 27.2. The maximum absolute atomic E-state index is 11.4. The number of oxime groups is 1. The van der Waals surface area contributed by atoms with Crippen LogP contribution in [0.2, 0.25) is 0 Å². The molecule has 1 aliphatic rings. The van der Waals surface area contributed by atoms with E-state index in [1.807, 2.05) is 60.8 Å². The van der Waals surface area contributed by atoms with Crippen molar-refractivity contribution in [2.75, 3.05) is 13.2 Å². The monoisotopic (exact) mass is 546 g/mol. The van der Waals surface area contributed by atoms with E-state index in [0.717, 1.165) is 26.9 Å². The van der Waals surface area contributed by atoms with Gasteiger partial charge in [0.25, 0.3) is 11.8 Å². The number of ether oxygens (including phenoxy) is 1. The fraction of sp³-hybridized carbons (Fsp3) is 0.143. The van der Waals surface area contributed by atoms with Crippen LogP contribution in [0.1, 0.15) is 27.0 Å². The van der Waals surface area contributed by atoms with Crippen molar-refractivity contribution in [3.05, 3.63) is 120 Å². The van der Waals surface area contributed by atoms with Crippen LogP contribution in [0, 0.1) is 0 Å². The van der Waals surface area contributed by atoms with E-state index in [9.17, 15) is 4.79 Å². The third-order valence-corrected chi connectivity index (χ3v) is 7.41. The summed E-state index contributed by atoms with van der Waals surface area (Å²) < 4.78 is 5.54. The first-order valence-corrected chi connectivity index (χ1v) is 13.7. The van der Waals surface area contributed by atoms with Crippen LogP contribution in [0.4, 0.5) is 0 Å². The normalized spacial score (nSPS) is 12.2. The highest BCUT2D eigenvalue weighted by Crippen LogP contribution is 2.27. The van der Waals surface area contributed by atoms with Gasteiger partial charge in [-0.3, -0.25) is 20.0 Å². The Labute approximate surface area is 229 Å². The second-order valence-corrected chi connectivity index (χ2v) is 9.85. The van der Waals surface area contributed by atoms with Crippen LogP contribution in [0.15, 0.2) is 113 Å². The van der Waals surface area contributed by atoms with Crippen LogP contribution in [0.3, 0.4) is 0 Å². The van der Waals surface area contributed by atoms with E-state index in [0.29, 0.717) is 24.7 Å². The number of carbonyl (C=O) groups excluding carboxylic acids is 1. The number of rotatable bonds is 8. The van der Waals surface area contributed by atoms with Crippen molar-refractivity contribution >= 4 is 35.3 Å². The first-order chi connectivity index (χ1) is 18.7. The predicted octanol–water partition coefficient (Wildman–Crippen LogP) is 5.58. The molecule has 194 valence electrons. The number of hydroxylamine groups is 1. The number of thioether (sulfide) groups is 2. The number of nitrogens with one attached hydrogen (secondary N) is 1. The van der Waals surface area contributed by atoms with Crippen molar-refractivity contribution in [3.63, 3.8) is 0 Å². The minimum Gasteiger partial charge on any atom is -0.471 e. The smallest absolute Gasteiger partial charge is 0.275 e. The molecule has 0 atom stereocenters. The molecule has 2 aromatic carbocycles. The highest BCUT2D eigenvalue weighted by Gasteiger charge is 2.15. The first-order valence-electron chi connectivity index (χ1n) is 11.7. The molecule has 0 saturated carbocycles. The summed E-state index contributed by atoms with van der Waals surface area (Å²) in [6, 6.07) is 23.8. The molecule has 0 spiro atoms. The number of amides is 1. The summed E-state index contributed by atoms with van der Waals surface area (Å²) >= 11 is 3.22. The fourth-order valence-corrected chi connectivity index (χ4v) is 5.25. The molecular weight excluding hydrogens is 520 g/mol. The van der Waals surface area contributed by atoms with Crippen LogP contribution < -0.4 is 5.48 Å². The van der Waals surface area contributed by atoms with E-state index in [-0.39, 0.29) is 0 Å². The van der Waals surface area contributed by atoms with Gasteiger partial charge in [-0.25, -0.2) is 5.48 Å². The number of nitrogens with zero attached hydrogens (tertiary/aromatic N) is 3. The molecule has 0 radical (unpaired) electrons. The molecule has 2 N–H and O–H groups in total. The highest BCUT2D eigenvalue weighted by molar-refractivity contribution is 7.98. The second-order valence-electron chi connectivity index (χ2n) is 7.81. The number of pyridine rings is 2. The summed E-state index contributed by atoms with van der Waals surface area (Å²) in [7, 11) is 0. The number of aromatic nitrogens is 2. The minimum atomic E-state index is -0.520. The van der Waals surface area contributed by atoms with Crippen molar-refractivity contribution in [2.24, 2.45) is 5.16 Å². The van der Waals surface area contributed by atoms with Crippen LogP contribution in [-0.4, -0.2) is 40.2 Å². The molecule has 2 aromatic heterocycles. The van der Waals surface area contributed by atoms with Gasteiger partial charge >= 0.3 is 0 Å². The average molecular weight is 547 g/mol. The summed E-state index contributed by atoms with van der Waals surface area (Å²) in [6.45, 7) is 1.03. The van der Waals surface area contributed by atoms with Crippen molar-refractivity contribution in [2.45, 2.75) is 21.3 Å². The lowest BCUT2D eigenvalue weighted by Gasteiger charge is -2.15. The Hall–Kier alpha value is -3.86. The zero-order chi connectivity index (χ0) is 26.4. The van der Waals surface area contributed by atoms with Gasteiger partial charge in [0, 0.05) is 46.1 Å². The Kier molecular flexibility index (Phi) is 10.6. The third-order valence-electron chi connectivity index (χ3n) is 5.18. The molecule has 0 bridgehead atoms. The Morgan fingerprint density at radius 1 is 0.816 bits per heavy atom. The SMILES string of the molecule is O=C(NO)c1ccncc1SCc1ccccc1.c1ccc(CSc2cnccc2C2=NOCCO2)cc1. The lowest BCUT2D eigenvalue weighted by Crippen LogP contribution is -2.19. The predicted molar refractivity (Wildman–Crippen MR) is 148 cm³/mol. The molecule has 3 heterocycles. The zero-order valence-corrected chi connectivity index (χ0v) is 22.0. The molecule has 0 saturated heterocycles. The van der Waals surface area contributed by atoms with Crippen molar-refractivity contribution in [1.29, 1.82) is 0 Å². The summed E-state index contributed by atoms with van der Waals surface area (Å²) in [5, 5.41) is 12.6. The van der Waals surface area contributed by atoms with Crippen molar-refractivity contribution in [1.82, 2.24) is 15.4 Å². The van der Waals surface area contributed by atoms with Crippen LogP contribution in [-0.2, 0) is 21.1 Å². The Bertz CT molecular complexity index is 1340. The second kappa shape index (κ2) is 14.8. The Balaban J connectivity index is 0.000000178. The van der Waals surface area contributed by atoms with Gasteiger partial charge in [0.2, 0.25) is 0 Å². The third kappa shape index (κ3) is 8.07. The van der Waals surface area contributed by atoms with Gasteiger partial charge in [-0.2, -0.15) is 0 Å². The molecule has 1 aliphatic heterocycles. The van der Waals surface area contributed by atoms with Gasteiger partial charge in [-0.15, -0.1) is 23.5 Å². The maximum Gasteiger partial charge on any atom is 0.275 e. The summed E-state index contributed by atoms with van der Waals surface area (Å²) in [4.78, 5) is 26.5. The van der Waals surface area contributed by atoms with E-state index in [1.54, 1.807) is 35.7 Å². The summed E-state index contributed by atoms with van der Waals surface area (Å²) in [6.07, 6.45) is 6.72. The molecule has 4 aromatic rings. The van der Waals surface area contributed by atoms with Crippen molar-refractivity contribution in [3.8, 4) is 0 Å². The maximum atomic E-state index is 11.4. The summed E-state index contributed by atoms with van der Waals surface area (Å²) in [5.41, 5.74) is 5.44. The van der Waals surface area contributed by atoms with Crippen molar-refractivity contribution < 1.29 is 19.6 Å². The van der Waals surface area contributed by atoms with E-state index in [1.165, 1.54) is 29.1 Å². The van der Waals surface area contributed by atoms with Gasteiger partial charge in [0.1, 0.15) is 6.61 Å². The van der Waals surface area contributed by atoms with Crippen LogP contribution in [0.5, 0.6) is 0 Å². The zero-order valence-electron chi connectivity index (χ0n) is 20.4. The van der Waals surface area contributed by atoms with E-state index in [2.05, 4.69) is 27.3 Å². The molecule has 5 rings (SSSR count). The van der Waals surface area contributed by atoms with Crippen LogP contribution >= 0.6 is 23.5 Å². The number of hydrogen-bond acceptors (Lipinski definition) is 9. The van der Waals surface area contributed by atoms with Gasteiger partial charge < -0.3 is 9.57 Å². The van der Waals surface area contributed by atoms with E-state index < -0.39 is 5.91 Å². The Morgan fingerprint density at radius 3 is 2.03 bits per heavy atom. The molecule has 10 heteroatoms. The Morgan fingerprint density at radius 2 is 1.42 bits per heavy atom. The van der Waals surface area contributed by atoms with Gasteiger partial charge in [0.05, 0.1) is 11.1 Å².